The lowest BCUT2D eigenvalue weighted by Gasteiger charge is -2.19. The lowest BCUT2D eigenvalue weighted by atomic mass is 10.1. The fourth-order valence-electron chi connectivity index (χ4n) is 3.04. The predicted octanol–water partition coefficient (Wildman–Crippen LogP) is 4.49. The minimum absolute atomic E-state index is 0.244. The molecule has 1 unspecified atom stereocenters. The van der Waals surface area contributed by atoms with Gasteiger partial charge in [0.25, 0.3) is 0 Å². The molecule has 3 rings (SSSR count). The van der Waals surface area contributed by atoms with Gasteiger partial charge < -0.3 is 15.5 Å². The van der Waals surface area contributed by atoms with Crippen LogP contribution in [0.15, 0.2) is 48.5 Å². The number of anilines is 2. The summed E-state index contributed by atoms with van der Waals surface area (Å²) in [7, 11) is 0. The van der Waals surface area contributed by atoms with Crippen LogP contribution in [0.25, 0.3) is 0 Å². The maximum Gasteiger partial charge on any atom is 0.416 e. The molecule has 1 aliphatic rings. The van der Waals surface area contributed by atoms with Crippen molar-refractivity contribution in [1.82, 2.24) is 5.32 Å². The van der Waals surface area contributed by atoms with E-state index < -0.39 is 17.8 Å². The molecule has 2 aromatic rings. The van der Waals surface area contributed by atoms with Crippen molar-refractivity contribution in [3.05, 3.63) is 59.9 Å². The van der Waals surface area contributed by atoms with Crippen molar-refractivity contribution in [3.8, 4) is 0 Å². The first-order chi connectivity index (χ1) is 12.8. The highest BCUT2D eigenvalue weighted by Gasteiger charge is 2.30. The van der Waals surface area contributed by atoms with Crippen LogP contribution < -0.4 is 15.5 Å². The zero-order chi connectivity index (χ0) is 19.4. The van der Waals surface area contributed by atoms with E-state index in [9.17, 15) is 22.4 Å². The summed E-state index contributed by atoms with van der Waals surface area (Å²) >= 11 is 0. The Morgan fingerprint density at radius 1 is 1.07 bits per heavy atom. The van der Waals surface area contributed by atoms with Crippen LogP contribution in [0.2, 0.25) is 0 Å². The molecule has 0 bridgehead atoms. The quantitative estimate of drug-likeness (QED) is 0.767. The summed E-state index contributed by atoms with van der Waals surface area (Å²) in [5, 5.41) is 5.26. The van der Waals surface area contributed by atoms with E-state index >= 15 is 0 Å². The predicted molar refractivity (Wildman–Crippen MR) is 95.2 cm³/mol. The molecule has 2 amide bonds. The van der Waals surface area contributed by atoms with Crippen LogP contribution in [0, 0.1) is 11.7 Å². The van der Waals surface area contributed by atoms with E-state index in [0.717, 1.165) is 37.3 Å². The van der Waals surface area contributed by atoms with Gasteiger partial charge in [-0.2, -0.15) is 13.2 Å². The van der Waals surface area contributed by atoms with E-state index in [2.05, 4.69) is 15.5 Å². The second-order valence-corrected chi connectivity index (χ2v) is 6.49. The summed E-state index contributed by atoms with van der Waals surface area (Å²) in [6, 6.07) is 10.1. The van der Waals surface area contributed by atoms with E-state index in [1.54, 1.807) is 12.1 Å². The summed E-state index contributed by atoms with van der Waals surface area (Å²) in [4.78, 5) is 14.1. The van der Waals surface area contributed by atoms with Crippen molar-refractivity contribution in [2.75, 3.05) is 29.9 Å². The SMILES string of the molecule is O=C(NCC1CCN(c2ccc(F)cc2)C1)Nc1ccc(C(F)(F)F)cc1. The van der Waals surface area contributed by atoms with Gasteiger partial charge in [-0.15, -0.1) is 0 Å². The van der Waals surface area contributed by atoms with Gasteiger partial charge in [-0.1, -0.05) is 0 Å². The molecule has 8 heteroatoms. The average molecular weight is 381 g/mol. The summed E-state index contributed by atoms with van der Waals surface area (Å²) in [6.07, 6.45) is -3.52. The van der Waals surface area contributed by atoms with Gasteiger partial charge in [-0.05, 0) is 60.9 Å². The van der Waals surface area contributed by atoms with Crippen molar-refractivity contribution in [2.45, 2.75) is 12.6 Å². The Morgan fingerprint density at radius 2 is 1.74 bits per heavy atom. The number of alkyl halides is 3. The van der Waals surface area contributed by atoms with Gasteiger partial charge in [-0.25, -0.2) is 9.18 Å². The third-order valence-corrected chi connectivity index (χ3v) is 4.50. The molecular formula is C19H19F4N3O. The Morgan fingerprint density at radius 3 is 2.37 bits per heavy atom. The number of nitrogens with zero attached hydrogens (tertiary/aromatic N) is 1. The smallest absolute Gasteiger partial charge is 0.371 e. The van der Waals surface area contributed by atoms with E-state index in [0.29, 0.717) is 12.2 Å². The van der Waals surface area contributed by atoms with Crippen molar-refractivity contribution < 1.29 is 22.4 Å². The van der Waals surface area contributed by atoms with Crippen LogP contribution in [0.1, 0.15) is 12.0 Å². The van der Waals surface area contributed by atoms with Crippen LogP contribution >= 0.6 is 0 Å². The number of urea groups is 1. The van der Waals surface area contributed by atoms with Gasteiger partial charge in [0.15, 0.2) is 0 Å². The number of halogens is 4. The second-order valence-electron chi connectivity index (χ2n) is 6.49. The summed E-state index contributed by atoms with van der Waals surface area (Å²) < 4.78 is 50.6. The highest BCUT2D eigenvalue weighted by atomic mass is 19.4. The molecule has 0 radical (unpaired) electrons. The average Bonchev–Trinajstić information content (AvgIpc) is 3.09. The molecule has 1 atom stereocenters. The zero-order valence-corrected chi connectivity index (χ0v) is 14.4. The number of carbonyl (C=O) groups excluding carboxylic acids is 1. The Kier molecular flexibility index (Phi) is 5.53. The monoisotopic (exact) mass is 381 g/mol. The third kappa shape index (κ3) is 5.12. The first-order valence-electron chi connectivity index (χ1n) is 8.54. The number of benzene rings is 2. The zero-order valence-electron chi connectivity index (χ0n) is 14.4. The number of nitrogens with one attached hydrogen (secondary N) is 2. The molecule has 0 aliphatic carbocycles. The minimum atomic E-state index is -4.40. The Bertz CT molecular complexity index is 775. The highest BCUT2D eigenvalue weighted by molar-refractivity contribution is 5.89. The summed E-state index contributed by atoms with van der Waals surface area (Å²) in [6.45, 7) is 2.01. The first kappa shape index (κ1) is 19.0. The van der Waals surface area contributed by atoms with Crippen molar-refractivity contribution in [1.29, 1.82) is 0 Å². The van der Waals surface area contributed by atoms with Gasteiger partial charge >= 0.3 is 12.2 Å². The number of hydrogen-bond donors (Lipinski definition) is 2. The van der Waals surface area contributed by atoms with E-state index in [4.69, 9.17) is 0 Å². The molecule has 1 fully saturated rings. The number of rotatable bonds is 4. The van der Waals surface area contributed by atoms with Crippen molar-refractivity contribution in [2.24, 2.45) is 5.92 Å². The van der Waals surface area contributed by atoms with Crippen LogP contribution in [0.3, 0.4) is 0 Å². The van der Waals surface area contributed by atoms with E-state index in [1.165, 1.54) is 24.3 Å². The molecule has 4 nitrogen and oxygen atoms in total. The van der Waals surface area contributed by atoms with E-state index in [-0.39, 0.29) is 11.7 Å². The van der Waals surface area contributed by atoms with E-state index in [1.807, 2.05) is 0 Å². The molecule has 0 aromatic heterocycles. The van der Waals surface area contributed by atoms with Gasteiger partial charge in [0.05, 0.1) is 5.56 Å². The standard InChI is InChI=1S/C19H19F4N3O/c20-15-3-7-17(8-4-15)26-10-9-13(12-26)11-24-18(27)25-16-5-1-14(2-6-16)19(21,22)23/h1-8,13H,9-12H2,(H2,24,25,27). The van der Waals surface area contributed by atoms with Crippen LogP contribution in [0.4, 0.5) is 33.7 Å². The normalized spacial score (nSPS) is 17.0. The van der Waals surface area contributed by atoms with Crippen LogP contribution in [-0.4, -0.2) is 25.7 Å². The molecule has 2 N–H and O–H groups in total. The molecule has 2 aromatic carbocycles. The molecule has 1 aliphatic heterocycles. The maximum absolute atomic E-state index is 13.0. The van der Waals surface area contributed by atoms with Gasteiger partial charge in [0.2, 0.25) is 0 Å². The Labute approximate surface area is 154 Å². The third-order valence-electron chi connectivity index (χ3n) is 4.50. The van der Waals surface area contributed by atoms with Gasteiger partial charge in [-0.3, -0.25) is 0 Å². The molecule has 144 valence electrons. The molecule has 0 saturated carbocycles. The van der Waals surface area contributed by atoms with Crippen molar-refractivity contribution >= 4 is 17.4 Å². The molecule has 1 heterocycles. The molecule has 0 spiro atoms. The number of carbonyl (C=O) groups is 1. The maximum atomic E-state index is 13.0. The largest absolute Gasteiger partial charge is 0.416 e. The topological polar surface area (TPSA) is 44.4 Å². The second kappa shape index (κ2) is 7.85. The molecule has 1 saturated heterocycles. The number of hydrogen-bond acceptors (Lipinski definition) is 2. The first-order valence-corrected chi connectivity index (χ1v) is 8.54. The highest BCUT2D eigenvalue weighted by Crippen LogP contribution is 2.29. The summed E-state index contributed by atoms with van der Waals surface area (Å²) in [5.41, 5.74) is 0.466. The summed E-state index contributed by atoms with van der Waals surface area (Å²) in [5.74, 6) is -0.0375. The van der Waals surface area contributed by atoms with Crippen molar-refractivity contribution in [3.63, 3.8) is 0 Å². The molecule has 27 heavy (non-hydrogen) atoms. The Hall–Kier alpha value is -2.77. The minimum Gasteiger partial charge on any atom is -0.371 e. The molecular weight excluding hydrogens is 362 g/mol. The fourth-order valence-corrected chi connectivity index (χ4v) is 3.04. The van der Waals surface area contributed by atoms with Gasteiger partial charge in [0.1, 0.15) is 5.82 Å². The Balaban J connectivity index is 1.45. The number of amides is 2. The lowest BCUT2D eigenvalue weighted by Crippen LogP contribution is -2.34. The van der Waals surface area contributed by atoms with Gasteiger partial charge in [0, 0.05) is 31.0 Å². The lowest BCUT2D eigenvalue weighted by molar-refractivity contribution is -0.137. The fraction of sp³-hybridized carbons (Fsp3) is 0.316. The van der Waals surface area contributed by atoms with Crippen LogP contribution in [0.5, 0.6) is 0 Å². The van der Waals surface area contributed by atoms with Crippen LogP contribution in [-0.2, 0) is 6.18 Å².